The quantitative estimate of drug-likeness (QED) is 0.797. The molecule has 16 heavy (non-hydrogen) atoms. The second kappa shape index (κ2) is 3.91. The van der Waals surface area contributed by atoms with Gasteiger partial charge >= 0.3 is 0 Å². The molecule has 0 amide bonds. The van der Waals surface area contributed by atoms with Crippen molar-refractivity contribution in [1.82, 2.24) is 0 Å². The second-order valence-electron chi connectivity index (χ2n) is 3.89. The van der Waals surface area contributed by atoms with Crippen LogP contribution in [-0.2, 0) is 9.84 Å². The third-order valence-corrected chi connectivity index (χ3v) is 5.41. The molecule has 1 aromatic rings. The molecule has 0 fully saturated rings. The molecule has 4 nitrogen and oxygen atoms in total. The molecule has 6 heteroatoms. The SMILES string of the molecule is CC1Nc2ccc(Cl)cc2S(=O)(=O)C1CN. The Balaban J connectivity index is 2.64. The van der Waals surface area contributed by atoms with Crippen LogP contribution in [0.25, 0.3) is 0 Å². The monoisotopic (exact) mass is 260 g/mol. The number of rotatable bonds is 1. The van der Waals surface area contributed by atoms with E-state index in [9.17, 15) is 8.42 Å². The van der Waals surface area contributed by atoms with Crippen molar-refractivity contribution in [2.45, 2.75) is 23.1 Å². The van der Waals surface area contributed by atoms with Gasteiger partial charge in [-0.2, -0.15) is 0 Å². The maximum Gasteiger partial charge on any atom is 0.186 e. The highest BCUT2D eigenvalue weighted by Crippen LogP contribution is 2.33. The first-order chi connectivity index (χ1) is 7.46. The van der Waals surface area contributed by atoms with E-state index >= 15 is 0 Å². The number of halogens is 1. The van der Waals surface area contributed by atoms with Gasteiger partial charge in [-0.15, -0.1) is 0 Å². The molecule has 1 aliphatic rings. The summed E-state index contributed by atoms with van der Waals surface area (Å²) in [5.74, 6) is 0. The summed E-state index contributed by atoms with van der Waals surface area (Å²) in [6.07, 6.45) is 0. The van der Waals surface area contributed by atoms with Crippen LogP contribution in [0.1, 0.15) is 6.92 Å². The number of hydrogen-bond acceptors (Lipinski definition) is 4. The summed E-state index contributed by atoms with van der Waals surface area (Å²) >= 11 is 5.81. The van der Waals surface area contributed by atoms with Crippen molar-refractivity contribution in [1.29, 1.82) is 0 Å². The van der Waals surface area contributed by atoms with Gasteiger partial charge in [0.1, 0.15) is 0 Å². The van der Waals surface area contributed by atoms with Crippen molar-refractivity contribution < 1.29 is 8.42 Å². The van der Waals surface area contributed by atoms with Crippen molar-refractivity contribution in [3.63, 3.8) is 0 Å². The molecule has 0 saturated carbocycles. The van der Waals surface area contributed by atoms with Gasteiger partial charge in [-0.05, 0) is 25.1 Å². The van der Waals surface area contributed by atoms with E-state index in [1.54, 1.807) is 12.1 Å². The number of nitrogens with one attached hydrogen (secondary N) is 1. The van der Waals surface area contributed by atoms with E-state index in [0.29, 0.717) is 10.7 Å². The molecule has 0 spiro atoms. The van der Waals surface area contributed by atoms with Crippen molar-refractivity contribution in [2.75, 3.05) is 11.9 Å². The fourth-order valence-electron chi connectivity index (χ4n) is 1.95. The van der Waals surface area contributed by atoms with E-state index in [1.807, 2.05) is 6.92 Å². The molecule has 1 aromatic carbocycles. The number of anilines is 1. The van der Waals surface area contributed by atoms with Crippen molar-refractivity contribution in [2.24, 2.45) is 5.73 Å². The van der Waals surface area contributed by atoms with E-state index in [1.165, 1.54) is 6.07 Å². The minimum Gasteiger partial charge on any atom is -0.380 e. The van der Waals surface area contributed by atoms with Crippen LogP contribution in [0, 0.1) is 0 Å². The molecule has 88 valence electrons. The zero-order valence-electron chi connectivity index (χ0n) is 8.77. The summed E-state index contributed by atoms with van der Waals surface area (Å²) in [6.45, 7) is 1.91. The zero-order chi connectivity index (χ0) is 11.9. The van der Waals surface area contributed by atoms with Crippen LogP contribution in [-0.4, -0.2) is 26.3 Å². The molecule has 1 aliphatic heterocycles. The average Bonchev–Trinajstić information content (AvgIpc) is 2.19. The first-order valence-electron chi connectivity index (χ1n) is 4.97. The highest BCUT2D eigenvalue weighted by Gasteiger charge is 2.37. The van der Waals surface area contributed by atoms with Gasteiger partial charge in [-0.1, -0.05) is 11.6 Å². The summed E-state index contributed by atoms with van der Waals surface area (Å²) in [5.41, 5.74) is 6.11. The lowest BCUT2D eigenvalue weighted by atomic mass is 10.2. The summed E-state index contributed by atoms with van der Waals surface area (Å²) in [7, 11) is -3.38. The lowest BCUT2D eigenvalue weighted by Crippen LogP contribution is -2.46. The van der Waals surface area contributed by atoms with Gasteiger partial charge in [-0.3, -0.25) is 0 Å². The van der Waals surface area contributed by atoms with Crippen molar-refractivity contribution in [3.05, 3.63) is 23.2 Å². The Hall–Kier alpha value is -0.780. The molecule has 2 unspecified atom stereocenters. The Labute approximate surface area is 99.7 Å². The van der Waals surface area contributed by atoms with Gasteiger partial charge in [0.25, 0.3) is 0 Å². The van der Waals surface area contributed by atoms with Crippen LogP contribution < -0.4 is 11.1 Å². The number of fused-ring (bicyclic) bond motifs is 1. The van der Waals surface area contributed by atoms with Gasteiger partial charge in [-0.25, -0.2) is 8.42 Å². The van der Waals surface area contributed by atoms with E-state index < -0.39 is 15.1 Å². The van der Waals surface area contributed by atoms with Crippen LogP contribution in [0.15, 0.2) is 23.1 Å². The zero-order valence-corrected chi connectivity index (χ0v) is 10.3. The summed E-state index contributed by atoms with van der Waals surface area (Å²) in [6, 6.07) is 4.62. The van der Waals surface area contributed by atoms with Crippen LogP contribution in [0.5, 0.6) is 0 Å². The Bertz CT molecular complexity index is 516. The molecule has 0 bridgehead atoms. The van der Waals surface area contributed by atoms with Crippen LogP contribution in [0.2, 0.25) is 5.02 Å². The number of nitrogens with two attached hydrogens (primary N) is 1. The average molecular weight is 261 g/mol. The lowest BCUT2D eigenvalue weighted by Gasteiger charge is -2.31. The highest BCUT2D eigenvalue weighted by molar-refractivity contribution is 7.92. The number of hydrogen-bond donors (Lipinski definition) is 2. The predicted octanol–water partition coefficient (Wildman–Crippen LogP) is 1.25. The fourth-order valence-corrected chi connectivity index (χ4v) is 4.10. The van der Waals surface area contributed by atoms with Crippen molar-refractivity contribution >= 4 is 27.1 Å². The lowest BCUT2D eigenvalue weighted by molar-refractivity contribution is 0.560. The fraction of sp³-hybridized carbons (Fsp3) is 0.400. The van der Waals surface area contributed by atoms with Crippen LogP contribution in [0.3, 0.4) is 0 Å². The molecule has 2 atom stereocenters. The maximum absolute atomic E-state index is 12.2. The number of benzene rings is 1. The first-order valence-corrected chi connectivity index (χ1v) is 6.89. The molecular weight excluding hydrogens is 248 g/mol. The van der Waals surface area contributed by atoms with E-state index in [4.69, 9.17) is 17.3 Å². The van der Waals surface area contributed by atoms with Gasteiger partial charge < -0.3 is 11.1 Å². The largest absolute Gasteiger partial charge is 0.380 e. The highest BCUT2D eigenvalue weighted by atomic mass is 35.5. The molecule has 0 aliphatic carbocycles. The molecule has 0 saturated heterocycles. The Morgan fingerprint density at radius 2 is 2.19 bits per heavy atom. The molecule has 0 aromatic heterocycles. The maximum atomic E-state index is 12.2. The minimum atomic E-state index is -3.38. The van der Waals surface area contributed by atoms with Crippen LogP contribution in [0.4, 0.5) is 5.69 Å². The predicted molar refractivity (Wildman–Crippen MR) is 64.6 cm³/mol. The minimum absolute atomic E-state index is 0.0997. The molecular formula is C10H13ClN2O2S. The normalized spacial score (nSPS) is 26.9. The second-order valence-corrected chi connectivity index (χ2v) is 6.46. The smallest absolute Gasteiger partial charge is 0.186 e. The Kier molecular flexibility index (Phi) is 2.86. The van der Waals surface area contributed by atoms with Gasteiger partial charge in [0.15, 0.2) is 9.84 Å². The van der Waals surface area contributed by atoms with E-state index in [-0.39, 0.29) is 17.5 Å². The molecule has 0 radical (unpaired) electrons. The third kappa shape index (κ3) is 1.69. The summed E-state index contributed by atoms with van der Waals surface area (Å²) in [5, 5.41) is 2.94. The standard InChI is InChI=1S/C10H13ClN2O2S/c1-6-10(5-12)16(14,15)9-4-7(11)2-3-8(9)13-6/h2-4,6,10,13H,5,12H2,1H3. The first kappa shape index (κ1) is 11.7. The van der Waals surface area contributed by atoms with Gasteiger partial charge in [0, 0.05) is 17.6 Å². The number of sulfone groups is 1. The van der Waals surface area contributed by atoms with Gasteiger partial charge in [0.2, 0.25) is 0 Å². The van der Waals surface area contributed by atoms with E-state index in [2.05, 4.69) is 5.32 Å². The Morgan fingerprint density at radius 1 is 1.50 bits per heavy atom. The van der Waals surface area contributed by atoms with Crippen LogP contribution >= 0.6 is 11.6 Å². The summed E-state index contributed by atoms with van der Waals surface area (Å²) < 4.78 is 24.4. The topological polar surface area (TPSA) is 72.2 Å². The summed E-state index contributed by atoms with van der Waals surface area (Å²) in [4.78, 5) is 0.244. The molecule has 3 N–H and O–H groups in total. The van der Waals surface area contributed by atoms with Gasteiger partial charge in [0.05, 0.1) is 15.8 Å². The molecule has 2 rings (SSSR count). The van der Waals surface area contributed by atoms with Crippen molar-refractivity contribution in [3.8, 4) is 0 Å². The Morgan fingerprint density at radius 3 is 2.81 bits per heavy atom. The van der Waals surface area contributed by atoms with E-state index in [0.717, 1.165) is 0 Å². The molecule has 1 heterocycles. The third-order valence-electron chi connectivity index (χ3n) is 2.82.